The molecular formula is C20H31FN4OS. The molecule has 27 heavy (non-hydrogen) atoms. The minimum atomic E-state index is -0.226. The van der Waals surface area contributed by atoms with Gasteiger partial charge in [-0.15, -0.1) is 0 Å². The third kappa shape index (κ3) is 7.79. The number of carbonyl (C=O) groups is 1. The molecule has 0 saturated heterocycles. The fraction of sp³-hybridized carbons (Fsp3) is 0.600. The van der Waals surface area contributed by atoms with Crippen molar-refractivity contribution in [1.82, 2.24) is 16.0 Å². The Kier molecular flexibility index (Phi) is 9.45. The molecule has 1 aromatic carbocycles. The number of nitrogens with one attached hydrogen (secondary N) is 3. The quantitative estimate of drug-likeness (QED) is 0.468. The molecule has 1 amide bonds. The Bertz CT molecular complexity index is 632. The predicted molar refractivity (Wildman–Crippen MR) is 111 cm³/mol. The molecule has 1 aromatic rings. The molecule has 0 atom stereocenters. The van der Waals surface area contributed by atoms with E-state index in [9.17, 15) is 9.18 Å². The van der Waals surface area contributed by atoms with Crippen LogP contribution in [-0.4, -0.2) is 37.3 Å². The van der Waals surface area contributed by atoms with E-state index in [-0.39, 0.29) is 18.3 Å². The van der Waals surface area contributed by atoms with Crippen LogP contribution in [0.2, 0.25) is 0 Å². The molecule has 5 nitrogen and oxygen atoms in total. The monoisotopic (exact) mass is 394 g/mol. The Morgan fingerprint density at radius 2 is 2.00 bits per heavy atom. The molecule has 0 radical (unpaired) electrons. The van der Waals surface area contributed by atoms with Gasteiger partial charge in [-0.3, -0.25) is 4.79 Å². The van der Waals surface area contributed by atoms with Crippen molar-refractivity contribution >= 4 is 23.6 Å². The zero-order valence-electron chi connectivity index (χ0n) is 16.3. The van der Waals surface area contributed by atoms with Crippen LogP contribution in [0, 0.1) is 5.82 Å². The summed E-state index contributed by atoms with van der Waals surface area (Å²) in [6.45, 7) is 3.33. The van der Waals surface area contributed by atoms with Gasteiger partial charge in [0.25, 0.3) is 0 Å². The van der Waals surface area contributed by atoms with Gasteiger partial charge < -0.3 is 16.0 Å². The van der Waals surface area contributed by atoms with Gasteiger partial charge in [-0.2, -0.15) is 11.8 Å². The van der Waals surface area contributed by atoms with Crippen LogP contribution in [0.1, 0.15) is 50.2 Å². The number of halogens is 1. The van der Waals surface area contributed by atoms with E-state index in [1.165, 1.54) is 25.3 Å². The standard InChI is InChI=1S/C20H31FN4OS/c1-3-22-20(24-13-19(26)25-18-7-5-4-6-8-18)23-12-15-9-10-17(21)11-16(15)14-27-2/h9-11,18H,3-8,12-14H2,1-2H3,(H,25,26)(H2,22,23,24). The Balaban J connectivity index is 1.90. The molecule has 1 aliphatic rings. The Hall–Kier alpha value is -1.76. The van der Waals surface area contributed by atoms with Gasteiger partial charge in [0.1, 0.15) is 5.82 Å². The Morgan fingerprint density at radius 3 is 2.70 bits per heavy atom. The van der Waals surface area contributed by atoms with E-state index in [4.69, 9.17) is 0 Å². The molecular weight excluding hydrogens is 363 g/mol. The highest BCUT2D eigenvalue weighted by Gasteiger charge is 2.15. The summed E-state index contributed by atoms with van der Waals surface area (Å²) in [6, 6.07) is 5.12. The number of thioether (sulfide) groups is 1. The first kappa shape index (κ1) is 21.5. The average Bonchev–Trinajstić information content (AvgIpc) is 2.66. The van der Waals surface area contributed by atoms with Crippen molar-refractivity contribution in [2.75, 3.05) is 19.3 Å². The van der Waals surface area contributed by atoms with Crippen LogP contribution in [0.5, 0.6) is 0 Å². The topological polar surface area (TPSA) is 65.5 Å². The van der Waals surface area contributed by atoms with Crippen LogP contribution in [0.25, 0.3) is 0 Å². The highest BCUT2D eigenvalue weighted by molar-refractivity contribution is 7.97. The molecule has 7 heteroatoms. The summed E-state index contributed by atoms with van der Waals surface area (Å²) in [5.41, 5.74) is 1.95. The summed E-state index contributed by atoms with van der Waals surface area (Å²) >= 11 is 1.65. The zero-order valence-corrected chi connectivity index (χ0v) is 17.1. The van der Waals surface area contributed by atoms with Crippen molar-refractivity contribution in [3.8, 4) is 0 Å². The molecule has 150 valence electrons. The lowest BCUT2D eigenvalue weighted by Crippen LogP contribution is -2.46. The third-order valence-corrected chi connectivity index (χ3v) is 5.21. The van der Waals surface area contributed by atoms with Gasteiger partial charge in [-0.05, 0) is 49.3 Å². The second kappa shape index (κ2) is 11.8. The van der Waals surface area contributed by atoms with Gasteiger partial charge in [0.2, 0.25) is 5.91 Å². The number of carbonyl (C=O) groups excluding carboxylic acids is 1. The predicted octanol–water partition coefficient (Wildman–Crippen LogP) is 3.19. The van der Waals surface area contributed by atoms with Crippen LogP contribution >= 0.6 is 11.8 Å². The molecule has 0 bridgehead atoms. The summed E-state index contributed by atoms with van der Waals surface area (Å²) in [5.74, 6) is 1.11. The first-order valence-electron chi connectivity index (χ1n) is 9.70. The summed E-state index contributed by atoms with van der Waals surface area (Å²) in [5, 5.41) is 9.34. The Labute approximate surface area is 166 Å². The van der Waals surface area contributed by atoms with Gasteiger partial charge in [-0.25, -0.2) is 9.38 Å². The van der Waals surface area contributed by atoms with Gasteiger partial charge >= 0.3 is 0 Å². The van der Waals surface area contributed by atoms with Crippen molar-refractivity contribution in [2.24, 2.45) is 4.99 Å². The number of aliphatic imine (C=N–C) groups is 1. The largest absolute Gasteiger partial charge is 0.357 e. The summed E-state index contributed by atoms with van der Waals surface area (Å²) < 4.78 is 13.5. The van der Waals surface area contributed by atoms with E-state index in [1.807, 2.05) is 13.2 Å². The van der Waals surface area contributed by atoms with Crippen molar-refractivity contribution in [3.63, 3.8) is 0 Å². The number of hydrogen-bond acceptors (Lipinski definition) is 3. The first-order valence-corrected chi connectivity index (χ1v) is 11.1. The van der Waals surface area contributed by atoms with Crippen LogP contribution in [0.15, 0.2) is 23.2 Å². The lowest BCUT2D eigenvalue weighted by atomic mass is 9.95. The van der Waals surface area contributed by atoms with E-state index in [1.54, 1.807) is 23.9 Å². The van der Waals surface area contributed by atoms with Crippen molar-refractivity contribution in [3.05, 3.63) is 35.1 Å². The maximum Gasteiger partial charge on any atom is 0.239 e. The second-order valence-electron chi connectivity index (χ2n) is 6.80. The number of guanidine groups is 1. The highest BCUT2D eigenvalue weighted by atomic mass is 32.2. The fourth-order valence-corrected chi connectivity index (χ4v) is 3.81. The van der Waals surface area contributed by atoms with E-state index < -0.39 is 0 Å². The molecule has 3 N–H and O–H groups in total. The van der Waals surface area contributed by atoms with Crippen molar-refractivity contribution < 1.29 is 9.18 Å². The first-order chi connectivity index (χ1) is 13.1. The summed E-state index contributed by atoms with van der Waals surface area (Å²) in [4.78, 5) is 16.7. The Morgan fingerprint density at radius 1 is 1.22 bits per heavy atom. The van der Waals surface area contributed by atoms with E-state index in [2.05, 4.69) is 20.9 Å². The van der Waals surface area contributed by atoms with Gasteiger partial charge in [0, 0.05) is 18.3 Å². The number of hydrogen-bond donors (Lipinski definition) is 3. The number of amides is 1. The maximum atomic E-state index is 13.5. The van der Waals surface area contributed by atoms with E-state index in [0.29, 0.717) is 25.1 Å². The van der Waals surface area contributed by atoms with Crippen LogP contribution in [0.3, 0.4) is 0 Å². The van der Waals surface area contributed by atoms with Crippen LogP contribution in [0.4, 0.5) is 4.39 Å². The molecule has 0 spiro atoms. The molecule has 0 unspecified atom stereocenters. The summed E-state index contributed by atoms with van der Waals surface area (Å²) in [7, 11) is 0. The molecule has 1 fully saturated rings. The van der Waals surface area contributed by atoms with Crippen LogP contribution < -0.4 is 16.0 Å². The molecule has 0 aromatic heterocycles. The lowest BCUT2D eigenvalue weighted by Gasteiger charge is -2.23. The molecule has 0 aliphatic heterocycles. The van der Waals surface area contributed by atoms with Gasteiger partial charge in [0.15, 0.2) is 5.96 Å². The number of benzene rings is 1. The summed E-state index contributed by atoms with van der Waals surface area (Å²) in [6.07, 6.45) is 7.79. The zero-order chi connectivity index (χ0) is 19.5. The lowest BCUT2D eigenvalue weighted by molar-refractivity contribution is -0.120. The fourth-order valence-electron chi connectivity index (χ4n) is 3.23. The smallest absolute Gasteiger partial charge is 0.239 e. The highest BCUT2D eigenvalue weighted by Crippen LogP contribution is 2.18. The molecule has 0 heterocycles. The minimum Gasteiger partial charge on any atom is -0.357 e. The molecule has 1 saturated carbocycles. The number of nitrogens with zero attached hydrogens (tertiary/aromatic N) is 1. The van der Waals surface area contributed by atoms with Crippen molar-refractivity contribution in [1.29, 1.82) is 0 Å². The van der Waals surface area contributed by atoms with E-state index >= 15 is 0 Å². The van der Waals surface area contributed by atoms with Crippen molar-refractivity contribution in [2.45, 2.75) is 57.4 Å². The van der Waals surface area contributed by atoms with Gasteiger partial charge in [-0.1, -0.05) is 25.3 Å². The maximum absolute atomic E-state index is 13.5. The second-order valence-corrected chi connectivity index (χ2v) is 7.66. The molecule has 1 aliphatic carbocycles. The van der Waals surface area contributed by atoms with Crippen LogP contribution in [-0.2, 0) is 17.1 Å². The SMILES string of the molecule is CCNC(=NCc1ccc(F)cc1CSC)NCC(=O)NC1CCCCC1. The third-order valence-electron chi connectivity index (χ3n) is 4.61. The molecule has 2 rings (SSSR count). The average molecular weight is 395 g/mol. The van der Waals surface area contributed by atoms with E-state index in [0.717, 1.165) is 29.7 Å². The minimum absolute atomic E-state index is 0.00245. The normalized spacial score (nSPS) is 15.4. The number of rotatable bonds is 8. The van der Waals surface area contributed by atoms with Gasteiger partial charge in [0.05, 0.1) is 13.1 Å².